The van der Waals surface area contributed by atoms with Gasteiger partial charge in [0.2, 0.25) is 0 Å². The fourth-order valence-electron chi connectivity index (χ4n) is 1.77. The summed E-state index contributed by atoms with van der Waals surface area (Å²) in [5.41, 5.74) is 2.41. The van der Waals surface area contributed by atoms with Gasteiger partial charge >= 0.3 is 11.7 Å². The van der Waals surface area contributed by atoms with Crippen LogP contribution in [-0.2, 0) is 9.53 Å². The van der Waals surface area contributed by atoms with Crippen LogP contribution in [0, 0.1) is 16.0 Å². The van der Waals surface area contributed by atoms with Crippen LogP contribution in [0.2, 0.25) is 0 Å². The Kier molecular flexibility index (Phi) is 5.27. The fourth-order valence-corrected chi connectivity index (χ4v) is 1.77. The molecule has 110 valence electrons. The van der Waals surface area contributed by atoms with E-state index < -0.39 is 16.9 Å². The van der Waals surface area contributed by atoms with E-state index in [-0.39, 0.29) is 23.0 Å². The SMILES string of the molecule is COC(=O)C(Nc1cccc(NN)c1[N+](=O)[O-])C(C)C. The maximum absolute atomic E-state index is 11.7. The molecule has 4 N–H and O–H groups in total. The van der Waals surface area contributed by atoms with Gasteiger partial charge in [-0.1, -0.05) is 19.9 Å². The summed E-state index contributed by atoms with van der Waals surface area (Å²) in [6, 6.07) is 3.90. The number of nitrogen functional groups attached to an aromatic ring is 1. The lowest BCUT2D eigenvalue weighted by molar-refractivity contribution is -0.383. The zero-order chi connectivity index (χ0) is 15.3. The molecular formula is C12H18N4O4. The average Bonchev–Trinajstić information content (AvgIpc) is 2.42. The number of nitro groups is 1. The molecule has 0 radical (unpaired) electrons. The van der Waals surface area contributed by atoms with Gasteiger partial charge in [0, 0.05) is 0 Å². The van der Waals surface area contributed by atoms with Gasteiger partial charge in [-0.05, 0) is 18.1 Å². The number of hydrogen-bond acceptors (Lipinski definition) is 7. The Morgan fingerprint density at radius 1 is 1.40 bits per heavy atom. The Hall–Kier alpha value is -2.35. The lowest BCUT2D eigenvalue weighted by Crippen LogP contribution is -2.35. The van der Waals surface area contributed by atoms with Gasteiger partial charge in [0.25, 0.3) is 0 Å². The molecule has 0 spiro atoms. The van der Waals surface area contributed by atoms with E-state index in [1.807, 2.05) is 13.8 Å². The van der Waals surface area contributed by atoms with Gasteiger partial charge in [-0.25, -0.2) is 4.79 Å². The number of nitro benzene ring substituents is 1. The molecule has 0 aliphatic rings. The molecule has 1 rings (SSSR count). The van der Waals surface area contributed by atoms with E-state index >= 15 is 0 Å². The molecule has 0 bridgehead atoms. The molecule has 1 atom stereocenters. The zero-order valence-corrected chi connectivity index (χ0v) is 11.5. The predicted molar refractivity (Wildman–Crippen MR) is 75.2 cm³/mol. The van der Waals surface area contributed by atoms with Crippen molar-refractivity contribution in [2.75, 3.05) is 17.9 Å². The molecule has 0 heterocycles. The minimum absolute atomic E-state index is 0.100. The number of nitrogens with two attached hydrogens (primary N) is 1. The molecule has 0 aromatic heterocycles. The molecule has 1 unspecified atom stereocenters. The largest absolute Gasteiger partial charge is 0.467 e. The Bertz CT molecular complexity index is 504. The first-order valence-electron chi connectivity index (χ1n) is 6.00. The normalized spacial score (nSPS) is 11.8. The maximum atomic E-state index is 11.7. The Morgan fingerprint density at radius 3 is 2.45 bits per heavy atom. The second kappa shape index (κ2) is 6.71. The molecular weight excluding hydrogens is 264 g/mol. The van der Waals surface area contributed by atoms with Crippen molar-refractivity contribution in [2.45, 2.75) is 19.9 Å². The first-order valence-corrected chi connectivity index (χ1v) is 6.00. The number of hydrazine groups is 1. The van der Waals surface area contributed by atoms with Crippen molar-refractivity contribution in [3.63, 3.8) is 0 Å². The van der Waals surface area contributed by atoms with Gasteiger partial charge in [0.1, 0.15) is 17.4 Å². The molecule has 8 nitrogen and oxygen atoms in total. The third kappa shape index (κ3) is 3.35. The van der Waals surface area contributed by atoms with Gasteiger partial charge in [-0.15, -0.1) is 0 Å². The van der Waals surface area contributed by atoms with Gasteiger partial charge in [0.05, 0.1) is 12.0 Å². The number of benzene rings is 1. The molecule has 0 aliphatic heterocycles. The summed E-state index contributed by atoms with van der Waals surface area (Å²) < 4.78 is 4.69. The smallest absolute Gasteiger partial charge is 0.328 e. The van der Waals surface area contributed by atoms with Gasteiger partial charge in [0.15, 0.2) is 0 Å². The molecule has 20 heavy (non-hydrogen) atoms. The van der Waals surface area contributed by atoms with Gasteiger partial charge < -0.3 is 15.5 Å². The van der Waals surface area contributed by atoms with E-state index in [0.717, 1.165) is 0 Å². The maximum Gasteiger partial charge on any atom is 0.328 e. The molecule has 0 saturated heterocycles. The average molecular weight is 282 g/mol. The van der Waals surface area contributed by atoms with Crippen LogP contribution in [-0.4, -0.2) is 24.0 Å². The van der Waals surface area contributed by atoms with Gasteiger partial charge in [-0.2, -0.15) is 0 Å². The summed E-state index contributed by atoms with van der Waals surface area (Å²) in [5, 5.41) is 14.0. The molecule has 0 aliphatic carbocycles. The number of esters is 1. The number of rotatable bonds is 6. The number of para-hydroxylation sites is 1. The van der Waals surface area contributed by atoms with E-state index in [4.69, 9.17) is 10.6 Å². The summed E-state index contributed by atoms with van der Waals surface area (Å²) in [4.78, 5) is 22.3. The number of ether oxygens (including phenoxy) is 1. The topological polar surface area (TPSA) is 120 Å². The van der Waals surface area contributed by atoms with E-state index in [2.05, 4.69) is 10.7 Å². The minimum atomic E-state index is -0.688. The highest BCUT2D eigenvalue weighted by atomic mass is 16.6. The number of methoxy groups -OCH3 is 1. The van der Waals surface area contributed by atoms with Crippen molar-refractivity contribution in [1.82, 2.24) is 0 Å². The van der Waals surface area contributed by atoms with Gasteiger partial charge in [-0.3, -0.25) is 16.0 Å². The molecule has 0 saturated carbocycles. The quantitative estimate of drug-likeness (QED) is 0.313. The van der Waals surface area contributed by atoms with Crippen LogP contribution < -0.4 is 16.6 Å². The standard InChI is InChI=1S/C12H18N4O4/c1-7(2)10(12(17)20-3)14-8-5-4-6-9(15-13)11(8)16(18)19/h4-7,10,14-15H,13H2,1-3H3. The highest BCUT2D eigenvalue weighted by molar-refractivity contribution is 5.83. The number of hydrogen-bond donors (Lipinski definition) is 3. The summed E-state index contributed by atoms with van der Waals surface area (Å²) in [6.07, 6.45) is 0. The molecule has 8 heteroatoms. The first-order chi connectivity index (χ1) is 9.42. The number of carbonyl (C=O) groups is 1. The van der Waals surface area contributed by atoms with Crippen molar-refractivity contribution in [3.05, 3.63) is 28.3 Å². The Balaban J connectivity index is 3.19. The first kappa shape index (κ1) is 15.7. The van der Waals surface area contributed by atoms with Crippen LogP contribution in [0.25, 0.3) is 0 Å². The minimum Gasteiger partial charge on any atom is -0.467 e. The Morgan fingerprint density at radius 2 is 2.00 bits per heavy atom. The van der Waals surface area contributed by atoms with Crippen LogP contribution in [0.15, 0.2) is 18.2 Å². The molecule has 0 amide bonds. The number of carbonyl (C=O) groups excluding carboxylic acids is 1. The highest BCUT2D eigenvalue weighted by Gasteiger charge is 2.27. The zero-order valence-electron chi connectivity index (χ0n) is 11.5. The van der Waals surface area contributed by atoms with Crippen molar-refractivity contribution < 1.29 is 14.5 Å². The van der Waals surface area contributed by atoms with E-state index in [1.54, 1.807) is 6.07 Å². The van der Waals surface area contributed by atoms with Crippen LogP contribution >= 0.6 is 0 Å². The monoisotopic (exact) mass is 282 g/mol. The van der Waals surface area contributed by atoms with E-state index in [9.17, 15) is 14.9 Å². The molecule has 1 aromatic rings. The number of anilines is 2. The van der Waals surface area contributed by atoms with Crippen LogP contribution in [0.3, 0.4) is 0 Å². The summed E-state index contributed by atoms with van der Waals surface area (Å²) >= 11 is 0. The number of nitrogens with zero attached hydrogens (tertiary/aromatic N) is 1. The second-order valence-corrected chi connectivity index (χ2v) is 4.49. The second-order valence-electron chi connectivity index (χ2n) is 4.49. The third-order valence-electron chi connectivity index (χ3n) is 2.81. The summed E-state index contributed by atoms with van der Waals surface area (Å²) in [7, 11) is 1.27. The van der Waals surface area contributed by atoms with Crippen molar-refractivity contribution in [2.24, 2.45) is 11.8 Å². The molecule has 1 aromatic carbocycles. The summed E-state index contributed by atoms with van der Waals surface area (Å²) in [5.74, 6) is 4.67. The van der Waals surface area contributed by atoms with Crippen LogP contribution in [0.1, 0.15) is 13.8 Å². The van der Waals surface area contributed by atoms with Crippen molar-refractivity contribution in [3.8, 4) is 0 Å². The van der Waals surface area contributed by atoms with E-state index in [0.29, 0.717) is 0 Å². The highest BCUT2D eigenvalue weighted by Crippen LogP contribution is 2.33. The van der Waals surface area contributed by atoms with E-state index in [1.165, 1.54) is 19.2 Å². The van der Waals surface area contributed by atoms with Crippen molar-refractivity contribution in [1.29, 1.82) is 0 Å². The molecule has 0 fully saturated rings. The summed E-state index contributed by atoms with van der Waals surface area (Å²) in [6.45, 7) is 3.62. The lowest BCUT2D eigenvalue weighted by Gasteiger charge is -2.21. The lowest BCUT2D eigenvalue weighted by atomic mass is 10.0. The van der Waals surface area contributed by atoms with Crippen molar-refractivity contribution >= 4 is 23.0 Å². The van der Waals surface area contributed by atoms with Crippen LogP contribution in [0.5, 0.6) is 0 Å². The fraction of sp³-hybridized carbons (Fsp3) is 0.417. The number of nitrogens with one attached hydrogen (secondary N) is 2. The Labute approximate surface area is 116 Å². The third-order valence-corrected chi connectivity index (χ3v) is 2.81. The van der Waals surface area contributed by atoms with Crippen LogP contribution in [0.4, 0.5) is 17.1 Å². The predicted octanol–water partition coefficient (Wildman–Crippen LogP) is 1.49.